The number of carbonyl (C=O) groups is 1. The van der Waals surface area contributed by atoms with Crippen LogP contribution in [0.3, 0.4) is 0 Å². The number of nitrogens with zero attached hydrogens (tertiary/aromatic N) is 1. The minimum absolute atomic E-state index is 0.113. The maximum atomic E-state index is 12.5. The van der Waals surface area contributed by atoms with Gasteiger partial charge in [0.2, 0.25) is 5.91 Å². The second kappa shape index (κ2) is 8.29. The van der Waals surface area contributed by atoms with Crippen LogP contribution < -0.4 is 0 Å². The largest absolute Gasteiger partial charge is 0.335 e. The van der Waals surface area contributed by atoms with Gasteiger partial charge >= 0.3 is 0 Å². The molecule has 1 aliphatic carbocycles. The zero-order valence-corrected chi connectivity index (χ0v) is 15.9. The fourth-order valence-corrected chi connectivity index (χ4v) is 4.33. The molecule has 0 unspecified atom stereocenters. The van der Waals surface area contributed by atoms with Crippen LogP contribution in [0.5, 0.6) is 0 Å². The van der Waals surface area contributed by atoms with Gasteiger partial charge in [0, 0.05) is 17.1 Å². The number of unbranched alkanes of at least 4 members (excludes halogenated alkanes) is 2. The van der Waals surface area contributed by atoms with Crippen molar-refractivity contribution in [2.24, 2.45) is 0 Å². The van der Waals surface area contributed by atoms with Gasteiger partial charge in [-0.15, -0.1) is 0 Å². The van der Waals surface area contributed by atoms with Crippen molar-refractivity contribution in [3.8, 4) is 0 Å². The molecule has 1 aromatic rings. The molecule has 0 heterocycles. The van der Waals surface area contributed by atoms with E-state index < -0.39 is 9.84 Å². The Morgan fingerprint density at radius 1 is 1.30 bits per heavy atom. The minimum atomic E-state index is -3.30. The predicted octanol–water partition coefficient (Wildman–Crippen LogP) is 3.55. The van der Waals surface area contributed by atoms with E-state index in [-0.39, 0.29) is 23.5 Å². The Hall–Kier alpha value is -0.880. The van der Waals surface area contributed by atoms with Gasteiger partial charge in [0.15, 0.2) is 9.84 Å². The highest BCUT2D eigenvalue weighted by Gasteiger charge is 2.34. The SMILES string of the molecule is CCCCCS(=O)(=O)CC(=O)N(Cc1cccc(Br)c1)C1CC1. The van der Waals surface area contributed by atoms with Gasteiger partial charge in [0.1, 0.15) is 5.75 Å². The highest BCUT2D eigenvalue weighted by Crippen LogP contribution is 2.29. The van der Waals surface area contributed by atoms with Crippen LogP contribution in [0.4, 0.5) is 0 Å². The van der Waals surface area contributed by atoms with E-state index in [1.807, 2.05) is 31.2 Å². The molecule has 6 heteroatoms. The van der Waals surface area contributed by atoms with Gasteiger partial charge in [-0.25, -0.2) is 8.42 Å². The van der Waals surface area contributed by atoms with Gasteiger partial charge in [-0.2, -0.15) is 0 Å². The number of rotatable bonds is 9. The first-order valence-corrected chi connectivity index (χ1v) is 10.8. The molecule has 0 aromatic heterocycles. The summed E-state index contributed by atoms with van der Waals surface area (Å²) in [4.78, 5) is 14.2. The first kappa shape index (κ1) is 18.5. The third-order valence-corrected chi connectivity index (χ3v) is 6.04. The van der Waals surface area contributed by atoms with Gasteiger partial charge in [-0.1, -0.05) is 47.8 Å². The fourth-order valence-electron chi connectivity index (χ4n) is 2.55. The molecule has 0 saturated heterocycles. The van der Waals surface area contributed by atoms with Gasteiger partial charge in [-0.05, 0) is 37.0 Å². The average molecular weight is 402 g/mol. The lowest BCUT2D eigenvalue weighted by atomic mass is 10.2. The molecule has 0 N–H and O–H groups in total. The summed E-state index contributed by atoms with van der Waals surface area (Å²) in [7, 11) is -3.30. The Balaban J connectivity index is 1.99. The number of hydrogen-bond acceptors (Lipinski definition) is 3. The average Bonchev–Trinajstić information content (AvgIpc) is 3.29. The molecule has 1 fully saturated rings. The normalized spacial score (nSPS) is 14.7. The molecule has 23 heavy (non-hydrogen) atoms. The lowest BCUT2D eigenvalue weighted by molar-refractivity contribution is -0.129. The fraction of sp³-hybridized carbons (Fsp3) is 0.588. The molecule has 1 saturated carbocycles. The summed E-state index contributed by atoms with van der Waals surface area (Å²) in [6.07, 6.45) is 4.44. The van der Waals surface area contributed by atoms with Crippen molar-refractivity contribution in [2.45, 2.75) is 51.6 Å². The second-order valence-electron chi connectivity index (χ2n) is 6.18. The van der Waals surface area contributed by atoms with Crippen molar-refractivity contribution >= 4 is 31.7 Å². The molecule has 0 atom stereocenters. The lowest BCUT2D eigenvalue weighted by Crippen LogP contribution is -2.37. The van der Waals surface area contributed by atoms with Crippen LogP contribution in [0, 0.1) is 0 Å². The van der Waals surface area contributed by atoms with Crippen molar-refractivity contribution in [1.29, 1.82) is 0 Å². The third kappa shape index (κ3) is 6.26. The van der Waals surface area contributed by atoms with Gasteiger partial charge in [0.05, 0.1) is 5.75 Å². The highest BCUT2D eigenvalue weighted by molar-refractivity contribution is 9.10. The molecular weight excluding hydrogens is 378 g/mol. The van der Waals surface area contributed by atoms with Crippen molar-refractivity contribution in [3.63, 3.8) is 0 Å². The molecule has 1 amide bonds. The van der Waals surface area contributed by atoms with E-state index in [4.69, 9.17) is 0 Å². The third-order valence-electron chi connectivity index (χ3n) is 3.95. The standard InChI is InChI=1S/C17H24BrNO3S/c1-2-3-4-10-23(21,22)13-17(20)19(16-8-9-16)12-14-6-5-7-15(18)11-14/h5-7,11,16H,2-4,8-10,12-13H2,1H3. The summed E-state index contributed by atoms with van der Waals surface area (Å²) in [5, 5.41) is 0. The van der Waals surface area contributed by atoms with E-state index in [0.29, 0.717) is 13.0 Å². The van der Waals surface area contributed by atoms with E-state index in [0.717, 1.165) is 35.7 Å². The van der Waals surface area contributed by atoms with E-state index in [2.05, 4.69) is 15.9 Å². The van der Waals surface area contributed by atoms with E-state index in [1.165, 1.54) is 0 Å². The molecule has 4 nitrogen and oxygen atoms in total. The number of carbonyl (C=O) groups excluding carboxylic acids is 1. The van der Waals surface area contributed by atoms with E-state index >= 15 is 0 Å². The Morgan fingerprint density at radius 3 is 2.65 bits per heavy atom. The number of benzene rings is 1. The molecule has 2 rings (SSSR count). The smallest absolute Gasteiger partial charge is 0.238 e. The molecule has 128 valence electrons. The van der Waals surface area contributed by atoms with Crippen LogP contribution in [-0.2, 0) is 21.2 Å². The van der Waals surface area contributed by atoms with Crippen molar-refractivity contribution < 1.29 is 13.2 Å². The summed E-state index contributed by atoms with van der Waals surface area (Å²) in [6.45, 7) is 2.51. The number of sulfone groups is 1. The van der Waals surface area contributed by atoms with Crippen LogP contribution >= 0.6 is 15.9 Å². The molecule has 0 spiro atoms. The molecule has 0 radical (unpaired) electrons. The number of hydrogen-bond donors (Lipinski definition) is 0. The molecule has 0 aliphatic heterocycles. The van der Waals surface area contributed by atoms with E-state index in [9.17, 15) is 13.2 Å². The molecule has 0 bridgehead atoms. The maximum absolute atomic E-state index is 12.5. The predicted molar refractivity (Wildman–Crippen MR) is 95.9 cm³/mol. The molecular formula is C17H24BrNO3S. The summed E-state index contributed by atoms with van der Waals surface area (Å²) in [6, 6.07) is 8.00. The Bertz CT molecular complexity index is 641. The minimum Gasteiger partial charge on any atom is -0.335 e. The number of halogens is 1. The van der Waals surface area contributed by atoms with Crippen LogP contribution in [-0.4, -0.2) is 36.8 Å². The van der Waals surface area contributed by atoms with Crippen LogP contribution in [0.15, 0.2) is 28.7 Å². The van der Waals surface area contributed by atoms with Crippen LogP contribution in [0.1, 0.15) is 44.6 Å². The van der Waals surface area contributed by atoms with Crippen molar-refractivity contribution in [1.82, 2.24) is 4.90 Å². The summed E-state index contributed by atoms with van der Waals surface area (Å²) in [5.74, 6) is -0.507. The Kier molecular flexibility index (Phi) is 6.65. The molecule has 1 aliphatic rings. The van der Waals surface area contributed by atoms with Crippen LogP contribution in [0.2, 0.25) is 0 Å². The quantitative estimate of drug-likeness (QED) is 0.594. The lowest BCUT2D eigenvalue weighted by Gasteiger charge is -2.22. The maximum Gasteiger partial charge on any atom is 0.238 e. The topological polar surface area (TPSA) is 54.5 Å². The zero-order valence-electron chi connectivity index (χ0n) is 13.5. The summed E-state index contributed by atoms with van der Waals surface area (Å²) >= 11 is 3.43. The second-order valence-corrected chi connectivity index (χ2v) is 9.28. The highest BCUT2D eigenvalue weighted by atomic mass is 79.9. The first-order valence-electron chi connectivity index (χ1n) is 8.15. The molecule has 1 aromatic carbocycles. The monoisotopic (exact) mass is 401 g/mol. The Labute approximate surface area is 147 Å². The van der Waals surface area contributed by atoms with Crippen molar-refractivity contribution in [2.75, 3.05) is 11.5 Å². The first-order chi connectivity index (χ1) is 10.9. The van der Waals surface area contributed by atoms with Gasteiger partial charge < -0.3 is 4.90 Å². The number of amides is 1. The van der Waals surface area contributed by atoms with Crippen molar-refractivity contribution in [3.05, 3.63) is 34.3 Å². The van der Waals surface area contributed by atoms with Gasteiger partial charge in [-0.3, -0.25) is 4.79 Å². The van der Waals surface area contributed by atoms with E-state index in [1.54, 1.807) is 4.90 Å². The summed E-state index contributed by atoms with van der Waals surface area (Å²) in [5.41, 5.74) is 1.02. The summed E-state index contributed by atoms with van der Waals surface area (Å²) < 4.78 is 25.2. The zero-order chi connectivity index (χ0) is 16.9. The Morgan fingerprint density at radius 2 is 2.04 bits per heavy atom. The van der Waals surface area contributed by atoms with Gasteiger partial charge in [0.25, 0.3) is 0 Å². The van der Waals surface area contributed by atoms with Crippen LogP contribution in [0.25, 0.3) is 0 Å².